The molecule has 0 bridgehead atoms. The summed E-state index contributed by atoms with van der Waals surface area (Å²) in [7, 11) is 0. The van der Waals surface area contributed by atoms with Crippen molar-refractivity contribution >= 4 is 52.2 Å². The Balaban J connectivity index is 1.73. The van der Waals surface area contributed by atoms with Gasteiger partial charge < -0.3 is 14.8 Å². The SMILES string of the molecule is CCCOc1ccc(/C=C2\SC(=O)N(CC(=O)Nc3cc(Cl)ccc3C)C2=O)cc1OCC. The number of hydrogen-bond acceptors (Lipinski definition) is 6. The lowest BCUT2D eigenvalue weighted by Gasteiger charge is -2.14. The molecule has 1 aliphatic rings. The second kappa shape index (κ2) is 11.2. The van der Waals surface area contributed by atoms with Gasteiger partial charge in [0, 0.05) is 10.7 Å². The maximum atomic E-state index is 12.8. The van der Waals surface area contributed by atoms with E-state index in [1.807, 2.05) is 20.8 Å². The van der Waals surface area contributed by atoms with E-state index in [0.29, 0.717) is 41.0 Å². The highest BCUT2D eigenvalue weighted by molar-refractivity contribution is 8.18. The number of ether oxygens (including phenoxy) is 2. The molecule has 0 aliphatic carbocycles. The van der Waals surface area contributed by atoms with E-state index >= 15 is 0 Å². The molecule has 1 aliphatic heterocycles. The fraction of sp³-hybridized carbons (Fsp3) is 0.292. The first kappa shape index (κ1) is 24.7. The molecular formula is C24H25ClN2O5S. The Morgan fingerprint density at radius 3 is 2.64 bits per heavy atom. The van der Waals surface area contributed by atoms with Crippen LogP contribution in [0.2, 0.25) is 5.02 Å². The van der Waals surface area contributed by atoms with Crippen LogP contribution in [0.4, 0.5) is 10.5 Å². The number of amides is 3. The molecule has 0 radical (unpaired) electrons. The number of carbonyl (C=O) groups is 3. The first-order chi connectivity index (χ1) is 15.8. The molecule has 7 nitrogen and oxygen atoms in total. The second-order valence-corrected chi connectivity index (χ2v) is 8.69. The molecule has 0 atom stereocenters. The summed E-state index contributed by atoms with van der Waals surface area (Å²) in [5.74, 6) is 0.180. The molecule has 3 rings (SSSR count). The first-order valence-corrected chi connectivity index (χ1v) is 11.7. The minimum atomic E-state index is -0.521. The smallest absolute Gasteiger partial charge is 0.294 e. The number of imide groups is 1. The monoisotopic (exact) mass is 488 g/mol. The summed E-state index contributed by atoms with van der Waals surface area (Å²) >= 11 is 6.77. The highest BCUT2D eigenvalue weighted by atomic mass is 35.5. The molecule has 174 valence electrons. The summed E-state index contributed by atoms with van der Waals surface area (Å²) in [4.78, 5) is 38.9. The number of nitrogens with one attached hydrogen (secondary N) is 1. The van der Waals surface area contributed by atoms with E-state index in [1.165, 1.54) is 0 Å². The number of thioether (sulfide) groups is 1. The van der Waals surface area contributed by atoms with E-state index < -0.39 is 17.1 Å². The van der Waals surface area contributed by atoms with Gasteiger partial charge >= 0.3 is 0 Å². The zero-order chi connectivity index (χ0) is 24.0. The Bertz CT molecular complexity index is 1100. The number of hydrogen-bond donors (Lipinski definition) is 1. The molecule has 2 aromatic carbocycles. The highest BCUT2D eigenvalue weighted by Gasteiger charge is 2.36. The third-order valence-corrected chi connectivity index (χ3v) is 5.82. The Hall–Kier alpha value is -2.97. The molecule has 0 saturated carbocycles. The lowest BCUT2D eigenvalue weighted by Crippen LogP contribution is -2.36. The van der Waals surface area contributed by atoms with Gasteiger partial charge in [-0.3, -0.25) is 19.3 Å². The van der Waals surface area contributed by atoms with E-state index in [4.69, 9.17) is 21.1 Å². The minimum Gasteiger partial charge on any atom is -0.490 e. The largest absolute Gasteiger partial charge is 0.490 e. The van der Waals surface area contributed by atoms with Crippen molar-refractivity contribution in [2.24, 2.45) is 0 Å². The average Bonchev–Trinajstić information content (AvgIpc) is 3.03. The summed E-state index contributed by atoms with van der Waals surface area (Å²) in [6.45, 7) is 6.35. The van der Waals surface area contributed by atoms with Crippen molar-refractivity contribution in [3.05, 3.63) is 57.5 Å². The average molecular weight is 489 g/mol. The van der Waals surface area contributed by atoms with Crippen LogP contribution in [-0.4, -0.2) is 41.7 Å². The molecule has 0 unspecified atom stereocenters. The number of benzene rings is 2. The third kappa shape index (κ3) is 6.30. The summed E-state index contributed by atoms with van der Waals surface area (Å²) in [6, 6.07) is 10.4. The van der Waals surface area contributed by atoms with Crippen LogP contribution in [-0.2, 0) is 9.59 Å². The van der Waals surface area contributed by atoms with Crippen LogP contribution < -0.4 is 14.8 Å². The van der Waals surface area contributed by atoms with Crippen molar-refractivity contribution in [3.8, 4) is 11.5 Å². The van der Waals surface area contributed by atoms with Crippen LogP contribution in [0.25, 0.3) is 6.08 Å². The van der Waals surface area contributed by atoms with Crippen molar-refractivity contribution in [1.29, 1.82) is 0 Å². The summed E-state index contributed by atoms with van der Waals surface area (Å²) in [5, 5.41) is 2.67. The number of carbonyl (C=O) groups excluding carboxylic acids is 3. The van der Waals surface area contributed by atoms with Crippen molar-refractivity contribution in [1.82, 2.24) is 4.90 Å². The van der Waals surface area contributed by atoms with Crippen molar-refractivity contribution < 1.29 is 23.9 Å². The van der Waals surface area contributed by atoms with E-state index in [9.17, 15) is 14.4 Å². The molecule has 9 heteroatoms. The van der Waals surface area contributed by atoms with E-state index in [-0.39, 0.29) is 11.4 Å². The number of halogens is 1. The van der Waals surface area contributed by atoms with Gasteiger partial charge in [-0.25, -0.2) is 0 Å². The number of nitrogens with zero attached hydrogens (tertiary/aromatic N) is 1. The highest BCUT2D eigenvalue weighted by Crippen LogP contribution is 2.34. The van der Waals surface area contributed by atoms with Crippen molar-refractivity contribution in [2.45, 2.75) is 27.2 Å². The van der Waals surface area contributed by atoms with Gasteiger partial charge in [0.2, 0.25) is 5.91 Å². The van der Waals surface area contributed by atoms with E-state index in [2.05, 4.69) is 5.32 Å². The second-order valence-electron chi connectivity index (χ2n) is 7.26. The summed E-state index contributed by atoms with van der Waals surface area (Å²) in [5.41, 5.74) is 2.04. The third-order valence-electron chi connectivity index (χ3n) is 4.68. The predicted octanol–water partition coefficient (Wildman–Crippen LogP) is 5.51. The van der Waals surface area contributed by atoms with Gasteiger partial charge in [-0.1, -0.05) is 30.7 Å². The van der Waals surface area contributed by atoms with Gasteiger partial charge in [-0.2, -0.15) is 0 Å². The van der Waals surface area contributed by atoms with Crippen LogP contribution in [0.15, 0.2) is 41.3 Å². The van der Waals surface area contributed by atoms with Crippen molar-refractivity contribution in [2.75, 3.05) is 25.1 Å². The fourth-order valence-electron chi connectivity index (χ4n) is 3.06. The van der Waals surface area contributed by atoms with Gasteiger partial charge in [0.05, 0.1) is 18.1 Å². The van der Waals surface area contributed by atoms with Gasteiger partial charge in [-0.05, 0) is 73.5 Å². The van der Waals surface area contributed by atoms with Gasteiger partial charge in [0.15, 0.2) is 11.5 Å². The van der Waals surface area contributed by atoms with Crippen LogP contribution in [0.1, 0.15) is 31.4 Å². The predicted molar refractivity (Wildman–Crippen MR) is 131 cm³/mol. The molecule has 1 fully saturated rings. The minimum absolute atomic E-state index is 0.233. The van der Waals surface area contributed by atoms with E-state index in [1.54, 1.807) is 42.5 Å². The molecule has 1 saturated heterocycles. The zero-order valence-corrected chi connectivity index (χ0v) is 20.2. The Morgan fingerprint density at radius 1 is 1.12 bits per heavy atom. The quantitative estimate of drug-likeness (QED) is 0.468. The first-order valence-electron chi connectivity index (χ1n) is 10.5. The Kier molecular flexibility index (Phi) is 8.41. The standard InChI is InChI=1S/C24H25ClN2O5S/c1-4-10-32-19-9-7-16(11-20(19)31-5-2)12-21-23(29)27(24(30)33-21)14-22(28)26-18-13-17(25)8-6-15(18)3/h6-9,11-13H,4-5,10,14H2,1-3H3,(H,26,28)/b21-12-. The number of rotatable bonds is 9. The molecular weight excluding hydrogens is 464 g/mol. The van der Waals surface area contributed by atoms with Gasteiger partial charge in [0.1, 0.15) is 6.54 Å². The molecule has 1 N–H and O–H groups in total. The molecule has 33 heavy (non-hydrogen) atoms. The number of aryl methyl sites for hydroxylation is 1. The summed E-state index contributed by atoms with van der Waals surface area (Å²) < 4.78 is 11.3. The Morgan fingerprint density at radius 2 is 1.91 bits per heavy atom. The molecule has 3 amide bonds. The molecule has 0 aromatic heterocycles. The summed E-state index contributed by atoms with van der Waals surface area (Å²) in [6.07, 6.45) is 2.47. The maximum absolute atomic E-state index is 12.8. The van der Waals surface area contributed by atoms with Gasteiger partial charge in [0.25, 0.3) is 11.1 Å². The molecule has 2 aromatic rings. The zero-order valence-electron chi connectivity index (χ0n) is 18.6. The van der Waals surface area contributed by atoms with Crippen LogP contribution in [0, 0.1) is 6.92 Å². The van der Waals surface area contributed by atoms with Crippen LogP contribution >= 0.6 is 23.4 Å². The Labute approximate surface area is 202 Å². The maximum Gasteiger partial charge on any atom is 0.294 e. The lowest BCUT2D eigenvalue weighted by atomic mass is 10.2. The topological polar surface area (TPSA) is 84.9 Å². The van der Waals surface area contributed by atoms with Crippen molar-refractivity contribution in [3.63, 3.8) is 0 Å². The number of anilines is 1. The molecule has 1 heterocycles. The van der Waals surface area contributed by atoms with E-state index in [0.717, 1.165) is 28.6 Å². The van der Waals surface area contributed by atoms with Crippen LogP contribution in [0.3, 0.4) is 0 Å². The molecule has 0 spiro atoms. The normalized spacial score (nSPS) is 14.7. The van der Waals surface area contributed by atoms with Gasteiger partial charge in [-0.15, -0.1) is 0 Å². The van der Waals surface area contributed by atoms with Crippen LogP contribution in [0.5, 0.6) is 11.5 Å². The lowest BCUT2D eigenvalue weighted by molar-refractivity contribution is -0.127. The fourth-order valence-corrected chi connectivity index (χ4v) is 4.07.